The summed E-state index contributed by atoms with van der Waals surface area (Å²) in [7, 11) is 1.20. The third-order valence-corrected chi connectivity index (χ3v) is 7.45. The predicted octanol–water partition coefficient (Wildman–Crippen LogP) is 3.29. The van der Waals surface area contributed by atoms with Crippen molar-refractivity contribution in [2.24, 2.45) is 11.8 Å². The third kappa shape index (κ3) is 9.78. The van der Waals surface area contributed by atoms with Gasteiger partial charge in [-0.2, -0.15) is 0 Å². The summed E-state index contributed by atoms with van der Waals surface area (Å²) in [6.07, 6.45) is -6.35. The van der Waals surface area contributed by atoms with Crippen LogP contribution in [0.1, 0.15) is 26.7 Å². The molecule has 0 bridgehead atoms. The quantitative estimate of drug-likeness (QED) is 0.160. The van der Waals surface area contributed by atoms with Crippen LogP contribution in [0.25, 0.3) is 0 Å². The van der Waals surface area contributed by atoms with Crippen LogP contribution in [-0.4, -0.2) is 92.7 Å². The number of esters is 4. The molecule has 2 N–H and O–H groups in total. The fourth-order valence-corrected chi connectivity index (χ4v) is 5.08. The summed E-state index contributed by atoms with van der Waals surface area (Å²) in [5.41, 5.74) is 0.294. The van der Waals surface area contributed by atoms with Crippen molar-refractivity contribution in [3.63, 3.8) is 0 Å². The van der Waals surface area contributed by atoms with Gasteiger partial charge in [-0.3, -0.25) is 24.5 Å². The van der Waals surface area contributed by atoms with Crippen molar-refractivity contribution in [1.82, 2.24) is 0 Å². The number of nitrogens with one attached hydrogen (secondary N) is 1. The van der Waals surface area contributed by atoms with E-state index in [1.807, 2.05) is 18.2 Å². The van der Waals surface area contributed by atoms with Gasteiger partial charge in [-0.05, 0) is 63.1 Å². The van der Waals surface area contributed by atoms with Crippen molar-refractivity contribution in [2.45, 2.75) is 57.4 Å². The van der Waals surface area contributed by atoms with E-state index in [4.69, 9.17) is 37.9 Å². The maximum Gasteiger partial charge on any atom is 0.412 e. The lowest BCUT2D eigenvalue weighted by molar-refractivity contribution is -0.300. The van der Waals surface area contributed by atoms with Gasteiger partial charge in [0.2, 0.25) is 0 Å². The van der Waals surface area contributed by atoms with Crippen molar-refractivity contribution in [3.8, 4) is 11.5 Å². The van der Waals surface area contributed by atoms with Crippen molar-refractivity contribution in [3.05, 3.63) is 66.7 Å². The lowest BCUT2D eigenvalue weighted by Crippen LogP contribution is -2.63. The smallest absolute Gasteiger partial charge is 0.412 e. The molecule has 2 aromatic carbocycles. The Morgan fingerprint density at radius 2 is 1.37 bits per heavy atom. The second kappa shape index (κ2) is 18.0. The minimum atomic E-state index is -1.69. The number of hydrogen-bond acceptors (Lipinski definition) is 14. The van der Waals surface area contributed by atoms with E-state index in [2.05, 4.69) is 5.32 Å². The number of amides is 1. The third-order valence-electron chi connectivity index (χ3n) is 7.45. The number of rotatable bonds is 10. The number of para-hydroxylation sites is 1. The highest BCUT2D eigenvalue weighted by atomic mass is 16.7. The van der Waals surface area contributed by atoms with E-state index in [-0.39, 0.29) is 26.1 Å². The molecular formula is C34H39NO14. The van der Waals surface area contributed by atoms with Gasteiger partial charge < -0.3 is 43.0 Å². The van der Waals surface area contributed by atoms with Gasteiger partial charge in [-0.25, -0.2) is 4.79 Å². The number of ether oxygens (including phenoxy) is 8. The zero-order valence-corrected chi connectivity index (χ0v) is 27.2. The fourth-order valence-electron chi connectivity index (χ4n) is 5.08. The van der Waals surface area contributed by atoms with Crippen LogP contribution >= 0.6 is 0 Å². The Kier molecular flexibility index (Phi) is 13.5. The maximum absolute atomic E-state index is 13.5. The molecule has 0 aliphatic carbocycles. The molecule has 2 heterocycles. The van der Waals surface area contributed by atoms with Crippen LogP contribution in [0.4, 0.5) is 10.5 Å². The summed E-state index contributed by atoms with van der Waals surface area (Å²) in [5, 5.41) is 12.8. The Bertz CT molecular complexity index is 1460. The first kappa shape index (κ1) is 36.8. The molecule has 7 atom stereocenters. The number of carbonyl (C=O) groups excluding carboxylic acids is 5. The van der Waals surface area contributed by atoms with Gasteiger partial charge in [0.15, 0.2) is 36.4 Å². The van der Waals surface area contributed by atoms with E-state index < -0.39 is 79.1 Å². The molecule has 15 heteroatoms. The maximum atomic E-state index is 13.5. The molecule has 2 aromatic rings. The molecule has 1 fully saturated rings. The summed E-state index contributed by atoms with van der Waals surface area (Å²) in [6.45, 7) is 2.33. The van der Waals surface area contributed by atoms with Gasteiger partial charge in [-0.15, -0.1) is 0 Å². The number of allylic oxidation sites excluding steroid dienone is 2. The molecule has 0 aromatic heterocycles. The van der Waals surface area contributed by atoms with E-state index in [1.54, 1.807) is 50.2 Å². The van der Waals surface area contributed by atoms with E-state index in [0.717, 1.165) is 0 Å². The number of benzene rings is 2. The largest absolute Gasteiger partial charge is 0.465 e. The number of hydrogen-bond donors (Lipinski definition) is 2. The van der Waals surface area contributed by atoms with E-state index >= 15 is 0 Å². The zero-order valence-electron chi connectivity index (χ0n) is 27.2. The molecule has 15 nitrogen and oxygen atoms in total. The lowest BCUT2D eigenvalue weighted by atomic mass is 9.96. The predicted molar refractivity (Wildman–Crippen MR) is 168 cm³/mol. The van der Waals surface area contributed by atoms with E-state index in [1.165, 1.54) is 19.3 Å². The standard InChI is InChI=1S/C34H39NO14/c1-4-43-29(37)23-13-9-10-14-24(30(38)44-5-2)32(40)48-28-27(47-31(23)39)26(25(19-36)46-33(28)42-3)49-34(41)35-20-15-17-22(18-16-20)45-21-11-7-6-8-12-21/h6-12,15-18,23-28,33,36H,4-5,13-14,19H2,1-3H3,(H,35,41)/b10-9+/t23-,24-,25-,26-,27+,28-,33+/m1/s1. The molecule has 2 aliphatic heterocycles. The van der Waals surface area contributed by atoms with Crippen LogP contribution in [0.15, 0.2) is 66.7 Å². The Morgan fingerprint density at radius 1 is 0.816 bits per heavy atom. The average Bonchev–Trinajstić information content (AvgIpc) is 3.08. The van der Waals surface area contributed by atoms with Crippen LogP contribution in [0, 0.1) is 11.8 Å². The second-order valence-electron chi connectivity index (χ2n) is 10.8. The van der Waals surface area contributed by atoms with Crippen molar-refractivity contribution >= 4 is 35.7 Å². The number of aliphatic hydroxyl groups excluding tert-OH is 1. The molecular weight excluding hydrogens is 646 g/mol. The topological polar surface area (TPSA) is 191 Å². The van der Waals surface area contributed by atoms with Gasteiger partial charge in [0, 0.05) is 12.8 Å². The monoisotopic (exact) mass is 685 g/mol. The van der Waals surface area contributed by atoms with E-state index in [9.17, 15) is 29.1 Å². The van der Waals surface area contributed by atoms with Gasteiger partial charge in [0.1, 0.15) is 17.6 Å². The summed E-state index contributed by atoms with van der Waals surface area (Å²) < 4.78 is 44.1. The summed E-state index contributed by atoms with van der Waals surface area (Å²) >= 11 is 0. The van der Waals surface area contributed by atoms with Crippen LogP contribution in [0.5, 0.6) is 11.5 Å². The van der Waals surface area contributed by atoms with E-state index in [0.29, 0.717) is 17.2 Å². The fraction of sp³-hybridized carbons (Fsp3) is 0.441. The van der Waals surface area contributed by atoms with Crippen LogP contribution in [-0.2, 0) is 52.3 Å². The summed E-state index contributed by atoms with van der Waals surface area (Å²) in [4.78, 5) is 65.7. The SMILES string of the molecule is CCOC(=O)[C@H]1C/C=C/C[C@H](C(=O)OCC)C(=O)O[C@H]2[C@@H](OC)O[C@H](CO)[C@@H](OC(=O)Nc3ccc(Oc4ccccc4)cc3)[C@@H]2OC1=O. The van der Waals surface area contributed by atoms with Gasteiger partial charge in [0.05, 0.1) is 19.8 Å². The summed E-state index contributed by atoms with van der Waals surface area (Å²) in [6, 6.07) is 15.4. The Morgan fingerprint density at radius 3 is 1.90 bits per heavy atom. The van der Waals surface area contributed by atoms with Crippen molar-refractivity contribution < 1.29 is 67.0 Å². The number of fused-ring (bicyclic) bond motifs is 1. The van der Waals surface area contributed by atoms with Crippen molar-refractivity contribution in [1.29, 1.82) is 0 Å². The Labute approximate surface area is 282 Å². The minimum absolute atomic E-state index is 0.0171. The molecule has 0 spiro atoms. The molecule has 0 saturated carbocycles. The van der Waals surface area contributed by atoms with Gasteiger partial charge >= 0.3 is 30.0 Å². The normalized spacial score (nSPS) is 26.2. The highest BCUT2D eigenvalue weighted by Gasteiger charge is 2.54. The number of aliphatic hydroxyl groups is 1. The molecule has 4 rings (SSSR count). The molecule has 49 heavy (non-hydrogen) atoms. The molecule has 2 aliphatic rings. The first-order valence-corrected chi connectivity index (χ1v) is 15.7. The Balaban J connectivity index is 1.63. The second-order valence-corrected chi connectivity index (χ2v) is 10.8. The molecule has 1 saturated heterocycles. The molecule has 0 unspecified atom stereocenters. The van der Waals surface area contributed by atoms with Gasteiger partial charge in [-0.1, -0.05) is 30.4 Å². The highest BCUT2D eigenvalue weighted by Crippen LogP contribution is 2.32. The first-order chi connectivity index (χ1) is 23.7. The number of methoxy groups -OCH3 is 1. The van der Waals surface area contributed by atoms with Crippen LogP contribution in [0.2, 0.25) is 0 Å². The summed E-state index contributed by atoms with van der Waals surface area (Å²) in [5.74, 6) is -5.74. The van der Waals surface area contributed by atoms with Crippen molar-refractivity contribution in [2.75, 3.05) is 32.2 Å². The Hall–Kier alpha value is -4.99. The highest BCUT2D eigenvalue weighted by molar-refractivity contribution is 5.96. The van der Waals surface area contributed by atoms with Crippen LogP contribution in [0.3, 0.4) is 0 Å². The number of carbonyl (C=O) groups is 5. The molecule has 264 valence electrons. The zero-order chi connectivity index (χ0) is 35.3. The molecule has 0 radical (unpaired) electrons. The van der Waals surface area contributed by atoms with Gasteiger partial charge in [0.25, 0.3) is 0 Å². The number of anilines is 1. The minimum Gasteiger partial charge on any atom is -0.465 e. The average molecular weight is 686 g/mol. The van der Waals surface area contributed by atoms with Crippen LogP contribution < -0.4 is 10.1 Å². The molecule has 1 amide bonds. The first-order valence-electron chi connectivity index (χ1n) is 15.7. The lowest BCUT2D eigenvalue weighted by Gasteiger charge is -2.44.